The van der Waals surface area contributed by atoms with Crippen molar-refractivity contribution in [3.63, 3.8) is 0 Å². The fourth-order valence-corrected chi connectivity index (χ4v) is 2.13. The summed E-state index contributed by atoms with van der Waals surface area (Å²) in [5, 5.41) is 0.418. The number of halogens is 4. The van der Waals surface area contributed by atoms with E-state index in [-0.39, 0.29) is 22.1 Å². The van der Waals surface area contributed by atoms with E-state index in [0.717, 1.165) is 18.2 Å². The van der Waals surface area contributed by atoms with E-state index in [1.807, 2.05) is 0 Å². The monoisotopic (exact) mass is 294 g/mol. The normalized spacial score (nSPS) is 11.0. The van der Waals surface area contributed by atoms with Crippen LogP contribution in [-0.2, 0) is 0 Å². The van der Waals surface area contributed by atoms with Crippen molar-refractivity contribution in [3.8, 4) is 11.4 Å². The molecule has 2 nitrogen and oxygen atoms in total. The summed E-state index contributed by atoms with van der Waals surface area (Å²) in [6.07, 6.45) is 0. The van der Waals surface area contributed by atoms with Crippen LogP contribution in [0.2, 0.25) is 5.15 Å². The third-order valence-electron chi connectivity index (χ3n) is 2.80. The molecule has 0 spiro atoms. The van der Waals surface area contributed by atoms with Gasteiger partial charge < -0.3 is 0 Å². The maximum atomic E-state index is 13.7. The molecule has 6 heteroatoms. The molecular formula is C14H6ClF3N2. The Balaban J connectivity index is 2.32. The van der Waals surface area contributed by atoms with Crippen molar-refractivity contribution in [1.82, 2.24) is 9.97 Å². The number of benzene rings is 2. The van der Waals surface area contributed by atoms with Crippen LogP contribution < -0.4 is 0 Å². The maximum Gasteiger partial charge on any atom is 0.167 e. The van der Waals surface area contributed by atoms with Crippen LogP contribution in [0.5, 0.6) is 0 Å². The van der Waals surface area contributed by atoms with Crippen molar-refractivity contribution >= 4 is 22.5 Å². The van der Waals surface area contributed by atoms with Gasteiger partial charge in [0.2, 0.25) is 0 Å². The molecule has 20 heavy (non-hydrogen) atoms. The van der Waals surface area contributed by atoms with Crippen molar-refractivity contribution in [2.45, 2.75) is 0 Å². The molecule has 0 N–H and O–H groups in total. The first-order valence-electron chi connectivity index (χ1n) is 5.63. The second kappa shape index (κ2) is 4.76. The average Bonchev–Trinajstić information content (AvgIpc) is 2.38. The number of hydrogen-bond donors (Lipinski definition) is 0. The predicted molar refractivity (Wildman–Crippen MR) is 69.9 cm³/mol. The summed E-state index contributed by atoms with van der Waals surface area (Å²) in [6, 6.07) is 7.16. The molecule has 0 saturated carbocycles. The summed E-state index contributed by atoms with van der Waals surface area (Å²) < 4.78 is 40.6. The second-order valence-electron chi connectivity index (χ2n) is 4.10. The van der Waals surface area contributed by atoms with Gasteiger partial charge in [-0.2, -0.15) is 0 Å². The van der Waals surface area contributed by atoms with E-state index in [4.69, 9.17) is 11.6 Å². The molecule has 0 unspecified atom stereocenters. The Morgan fingerprint density at radius 3 is 2.30 bits per heavy atom. The summed E-state index contributed by atoms with van der Waals surface area (Å²) >= 11 is 5.95. The first-order valence-corrected chi connectivity index (χ1v) is 6.01. The quantitative estimate of drug-likeness (QED) is 0.623. The lowest BCUT2D eigenvalue weighted by atomic mass is 10.1. The molecule has 0 aliphatic heterocycles. The summed E-state index contributed by atoms with van der Waals surface area (Å²) in [6.45, 7) is 0. The summed E-state index contributed by atoms with van der Waals surface area (Å²) in [5.74, 6) is -2.36. The zero-order valence-electron chi connectivity index (χ0n) is 9.87. The molecule has 1 aromatic heterocycles. The molecule has 2 aromatic carbocycles. The van der Waals surface area contributed by atoms with E-state index >= 15 is 0 Å². The fraction of sp³-hybridized carbons (Fsp3) is 0. The van der Waals surface area contributed by atoms with Gasteiger partial charge in [-0.25, -0.2) is 23.1 Å². The molecule has 0 radical (unpaired) electrons. The standard InChI is InChI=1S/C14H6ClF3N2/c15-13-8-5-4-7(16)6-11(8)19-14(20-13)12-9(17)2-1-3-10(12)18/h1-6H. The van der Waals surface area contributed by atoms with E-state index in [0.29, 0.717) is 5.39 Å². The molecule has 0 saturated heterocycles. The number of fused-ring (bicyclic) bond motifs is 1. The van der Waals surface area contributed by atoms with Gasteiger partial charge >= 0.3 is 0 Å². The smallest absolute Gasteiger partial charge is 0.167 e. The minimum absolute atomic E-state index is 0.00709. The van der Waals surface area contributed by atoms with E-state index in [2.05, 4.69) is 9.97 Å². The minimum atomic E-state index is -0.809. The van der Waals surface area contributed by atoms with Crippen molar-refractivity contribution in [3.05, 3.63) is 59.0 Å². The van der Waals surface area contributed by atoms with Crippen LogP contribution in [-0.4, -0.2) is 9.97 Å². The molecule has 0 amide bonds. The van der Waals surface area contributed by atoms with Crippen LogP contribution in [0.1, 0.15) is 0 Å². The zero-order chi connectivity index (χ0) is 14.3. The largest absolute Gasteiger partial charge is 0.228 e. The molecule has 0 fully saturated rings. The van der Waals surface area contributed by atoms with Gasteiger partial charge in [0.05, 0.1) is 11.1 Å². The van der Waals surface area contributed by atoms with Gasteiger partial charge in [0.25, 0.3) is 0 Å². The Labute approximate surface area is 116 Å². The Kier molecular flexibility index (Phi) is 3.06. The Hall–Kier alpha value is -2.14. The fourth-order valence-electron chi connectivity index (χ4n) is 1.89. The topological polar surface area (TPSA) is 25.8 Å². The zero-order valence-corrected chi connectivity index (χ0v) is 10.6. The lowest BCUT2D eigenvalue weighted by molar-refractivity contribution is 0.587. The van der Waals surface area contributed by atoms with Crippen LogP contribution in [0.4, 0.5) is 13.2 Å². The van der Waals surface area contributed by atoms with Crippen LogP contribution in [0.15, 0.2) is 36.4 Å². The molecule has 0 aliphatic carbocycles. The highest BCUT2D eigenvalue weighted by Gasteiger charge is 2.16. The number of rotatable bonds is 1. The third kappa shape index (κ3) is 2.10. The lowest BCUT2D eigenvalue weighted by Gasteiger charge is -2.06. The van der Waals surface area contributed by atoms with Gasteiger partial charge in [-0.15, -0.1) is 0 Å². The van der Waals surface area contributed by atoms with E-state index in [9.17, 15) is 13.2 Å². The van der Waals surface area contributed by atoms with E-state index in [1.54, 1.807) is 0 Å². The first kappa shape index (κ1) is 12.9. The van der Waals surface area contributed by atoms with Crippen LogP contribution >= 0.6 is 11.6 Å². The second-order valence-corrected chi connectivity index (χ2v) is 4.45. The Morgan fingerprint density at radius 1 is 0.900 bits per heavy atom. The van der Waals surface area contributed by atoms with Crippen molar-refractivity contribution in [2.75, 3.05) is 0 Å². The van der Waals surface area contributed by atoms with Crippen LogP contribution in [0.3, 0.4) is 0 Å². The highest BCUT2D eigenvalue weighted by Crippen LogP contribution is 2.28. The summed E-state index contributed by atoms with van der Waals surface area (Å²) in [4.78, 5) is 7.85. The molecule has 0 aliphatic rings. The predicted octanol–water partition coefficient (Wildman–Crippen LogP) is 4.37. The molecule has 3 rings (SSSR count). The van der Waals surface area contributed by atoms with E-state index < -0.39 is 17.5 Å². The first-order chi connectivity index (χ1) is 9.56. The van der Waals surface area contributed by atoms with Crippen molar-refractivity contribution < 1.29 is 13.2 Å². The third-order valence-corrected chi connectivity index (χ3v) is 3.09. The number of nitrogens with zero attached hydrogens (tertiary/aromatic N) is 2. The van der Waals surface area contributed by atoms with Crippen LogP contribution in [0, 0.1) is 17.5 Å². The molecule has 1 heterocycles. The van der Waals surface area contributed by atoms with Gasteiger partial charge in [0.1, 0.15) is 22.6 Å². The average molecular weight is 295 g/mol. The SMILES string of the molecule is Fc1ccc2c(Cl)nc(-c3c(F)cccc3F)nc2c1. The highest BCUT2D eigenvalue weighted by atomic mass is 35.5. The molecule has 100 valence electrons. The molecule has 0 bridgehead atoms. The highest BCUT2D eigenvalue weighted by molar-refractivity contribution is 6.34. The summed E-state index contributed by atoms with van der Waals surface area (Å²) in [7, 11) is 0. The Bertz CT molecular complexity index is 801. The van der Waals surface area contributed by atoms with Crippen LogP contribution in [0.25, 0.3) is 22.3 Å². The molecule has 0 atom stereocenters. The Morgan fingerprint density at radius 2 is 1.60 bits per heavy atom. The number of aromatic nitrogens is 2. The van der Waals surface area contributed by atoms with Gasteiger partial charge in [0, 0.05) is 11.5 Å². The van der Waals surface area contributed by atoms with Gasteiger partial charge in [-0.1, -0.05) is 17.7 Å². The molecular weight excluding hydrogens is 289 g/mol. The van der Waals surface area contributed by atoms with Gasteiger partial charge in [-0.05, 0) is 24.3 Å². The van der Waals surface area contributed by atoms with Gasteiger partial charge in [0.15, 0.2) is 5.82 Å². The molecule has 3 aromatic rings. The maximum absolute atomic E-state index is 13.7. The van der Waals surface area contributed by atoms with Crippen molar-refractivity contribution in [2.24, 2.45) is 0 Å². The summed E-state index contributed by atoms with van der Waals surface area (Å²) in [5.41, 5.74) is -0.205. The minimum Gasteiger partial charge on any atom is -0.228 e. The lowest BCUT2D eigenvalue weighted by Crippen LogP contribution is -1.97. The number of hydrogen-bond acceptors (Lipinski definition) is 2. The van der Waals surface area contributed by atoms with Crippen molar-refractivity contribution in [1.29, 1.82) is 0 Å². The van der Waals surface area contributed by atoms with Gasteiger partial charge in [-0.3, -0.25) is 0 Å². The van der Waals surface area contributed by atoms with E-state index in [1.165, 1.54) is 18.2 Å².